The molecule has 0 aromatic carbocycles. The average Bonchev–Trinajstić information content (AvgIpc) is 2.78. The van der Waals surface area contributed by atoms with Crippen LogP contribution in [0, 0.1) is 0 Å². The van der Waals surface area contributed by atoms with Crippen LogP contribution in [0.1, 0.15) is 26.7 Å². The third-order valence-corrected chi connectivity index (χ3v) is 4.80. The zero-order chi connectivity index (χ0) is 13.6. The largest absolute Gasteiger partial charge is 0.383 e. The fraction of sp³-hybridized carbons (Fsp3) is 1.00. The molecule has 0 radical (unpaired) electrons. The lowest BCUT2D eigenvalue weighted by atomic mass is 10.2. The minimum absolute atomic E-state index is 0.0487. The van der Waals surface area contributed by atoms with Gasteiger partial charge in [-0.05, 0) is 33.2 Å². The van der Waals surface area contributed by atoms with Gasteiger partial charge in [0.05, 0.1) is 6.61 Å². The van der Waals surface area contributed by atoms with Crippen molar-refractivity contribution in [1.82, 2.24) is 14.3 Å². The zero-order valence-electron chi connectivity index (χ0n) is 11.5. The molecule has 108 valence electrons. The fourth-order valence-electron chi connectivity index (χ4n) is 2.07. The normalized spacial score (nSPS) is 21.1. The van der Waals surface area contributed by atoms with Crippen molar-refractivity contribution in [2.24, 2.45) is 0 Å². The van der Waals surface area contributed by atoms with Gasteiger partial charge in [-0.25, -0.2) is 0 Å². The first-order valence-corrected chi connectivity index (χ1v) is 7.90. The van der Waals surface area contributed by atoms with E-state index in [1.165, 1.54) is 4.31 Å². The Hall–Kier alpha value is -0.210. The molecule has 0 saturated carbocycles. The van der Waals surface area contributed by atoms with E-state index in [1.807, 2.05) is 13.8 Å². The van der Waals surface area contributed by atoms with Crippen LogP contribution in [-0.2, 0) is 14.9 Å². The first-order chi connectivity index (χ1) is 8.47. The summed E-state index contributed by atoms with van der Waals surface area (Å²) in [7, 11) is -1.87. The van der Waals surface area contributed by atoms with Gasteiger partial charge in [0.2, 0.25) is 0 Å². The predicted molar refractivity (Wildman–Crippen MR) is 71.7 cm³/mol. The number of methoxy groups -OCH3 is 1. The van der Waals surface area contributed by atoms with Crippen molar-refractivity contribution in [3.8, 4) is 0 Å². The second-order valence-corrected chi connectivity index (χ2v) is 6.56. The van der Waals surface area contributed by atoms with Crippen LogP contribution in [0.5, 0.6) is 0 Å². The van der Waals surface area contributed by atoms with E-state index in [9.17, 15) is 8.42 Å². The van der Waals surface area contributed by atoms with Crippen LogP contribution in [0.15, 0.2) is 0 Å². The van der Waals surface area contributed by atoms with Gasteiger partial charge in [0.15, 0.2) is 0 Å². The minimum atomic E-state index is -3.42. The van der Waals surface area contributed by atoms with Gasteiger partial charge >= 0.3 is 0 Å². The van der Waals surface area contributed by atoms with Crippen molar-refractivity contribution in [3.63, 3.8) is 0 Å². The van der Waals surface area contributed by atoms with Crippen LogP contribution in [0.25, 0.3) is 0 Å². The number of hydrogen-bond donors (Lipinski definition) is 2. The van der Waals surface area contributed by atoms with Crippen LogP contribution in [0.3, 0.4) is 0 Å². The van der Waals surface area contributed by atoms with E-state index < -0.39 is 10.2 Å². The Labute approximate surface area is 110 Å². The zero-order valence-corrected chi connectivity index (χ0v) is 12.3. The van der Waals surface area contributed by atoms with E-state index in [0.717, 1.165) is 19.4 Å². The van der Waals surface area contributed by atoms with E-state index in [-0.39, 0.29) is 12.1 Å². The minimum Gasteiger partial charge on any atom is -0.383 e. The number of ether oxygens (including phenoxy) is 1. The summed E-state index contributed by atoms with van der Waals surface area (Å²) in [5.74, 6) is 0. The summed E-state index contributed by atoms with van der Waals surface area (Å²) < 4.78 is 33.3. The molecule has 0 amide bonds. The predicted octanol–water partition coefficient (Wildman–Crippen LogP) is -0.0704. The molecule has 0 aromatic rings. The Morgan fingerprint density at radius 1 is 1.50 bits per heavy atom. The molecule has 1 rings (SSSR count). The van der Waals surface area contributed by atoms with E-state index in [4.69, 9.17) is 4.74 Å². The van der Waals surface area contributed by atoms with E-state index in [1.54, 1.807) is 7.11 Å². The number of hydrogen-bond acceptors (Lipinski definition) is 4. The first kappa shape index (κ1) is 15.8. The standard InChI is InChI=1S/C11H25N3O3S/c1-10(2)14(9-11-5-4-6-12-11)18(15,16)13-7-8-17-3/h10-13H,4-9H2,1-3H3. The summed E-state index contributed by atoms with van der Waals surface area (Å²) in [5, 5.41) is 3.32. The Morgan fingerprint density at radius 2 is 2.22 bits per heavy atom. The molecule has 1 aliphatic rings. The van der Waals surface area contributed by atoms with E-state index in [2.05, 4.69) is 10.0 Å². The highest BCUT2D eigenvalue weighted by Gasteiger charge is 2.28. The van der Waals surface area contributed by atoms with E-state index >= 15 is 0 Å². The Balaban J connectivity index is 2.58. The fourth-order valence-corrected chi connectivity index (χ4v) is 3.51. The van der Waals surface area contributed by atoms with Crippen LogP contribution in [0.4, 0.5) is 0 Å². The summed E-state index contributed by atoms with van der Waals surface area (Å²) in [4.78, 5) is 0. The van der Waals surface area contributed by atoms with Crippen molar-refractivity contribution >= 4 is 10.2 Å². The summed E-state index contributed by atoms with van der Waals surface area (Å²) in [6, 6.07) is 0.221. The molecule has 1 heterocycles. The number of nitrogens with zero attached hydrogens (tertiary/aromatic N) is 1. The highest BCUT2D eigenvalue weighted by Crippen LogP contribution is 2.12. The number of nitrogens with one attached hydrogen (secondary N) is 2. The first-order valence-electron chi connectivity index (χ1n) is 6.46. The molecule has 0 aromatic heterocycles. The van der Waals surface area contributed by atoms with Crippen LogP contribution < -0.4 is 10.0 Å². The molecule has 0 bridgehead atoms. The summed E-state index contributed by atoms with van der Waals surface area (Å²) in [6.07, 6.45) is 2.16. The van der Waals surface area contributed by atoms with Gasteiger partial charge in [0.25, 0.3) is 10.2 Å². The van der Waals surface area contributed by atoms with Gasteiger partial charge < -0.3 is 10.1 Å². The summed E-state index contributed by atoms with van der Waals surface area (Å²) >= 11 is 0. The summed E-state index contributed by atoms with van der Waals surface area (Å²) in [6.45, 7) is 5.98. The van der Waals surface area contributed by atoms with Gasteiger partial charge in [-0.15, -0.1) is 0 Å². The molecule has 1 saturated heterocycles. The lowest BCUT2D eigenvalue weighted by molar-refractivity contribution is 0.203. The van der Waals surface area contributed by atoms with Gasteiger partial charge in [0.1, 0.15) is 0 Å². The average molecular weight is 279 g/mol. The maximum absolute atomic E-state index is 12.2. The highest BCUT2D eigenvalue weighted by atomic mass is 32.2. The third kappa shape index (κ3) is 4.81. The van der Waals surface area contributed by atoms with Crippen molar-refractivity contribution in [1.29, 1.82) is 0 Å². The van der Waals surface area contributed by atoms with Gasteiger partial charge in [-0.1, -0.05) is 0 Å². The molecular weight excluding hydrogens is 254 g/mol. The SMILES string of the molecule is COCCNS(=O)(=O)N(CC1CCCN1)C(C)C. The number of rotatable bonds is 8. The molecule has 18 heavy (non-hydrogen) atoms. The summed E-state index contributed by atoms with van der Waals surface area (Å²) in [5.41, 5.74) is 0. The molecule has 1 atom stereocenters. The molecule has 0 spiro atoms. The molecule has 1 fully saturated rings. The van der Waals surface area contributed by atoms with Gasteiger partial charge in [0, 0.05) is 32.3 Å². The maximum Gasteiger partial charge on any atom is 0.279 e. The molecule has 0 aliphatic carbocycles. The smallest absolute Gasteiger partial charge is 0.279 e. The van der Waals surface area contributed by atoms with E-state index in [0.29, 0.717) is 19.7 Å². The van der Waals surface area contributed by atoms with Crippen molar-refractivity contribution in [2.75, 3.05) is 33.4 Å². The van der Waals surface area contributed by atoms with Gasteiger partial charge in [-0.3, -0.25) is 0 Å². The maximum atomic E-state index is 12.2. The Bertz CT molecular complexity index is 326. The Kier molecular flexibility index (Phi) is 6.51. The second-order valence-electron chi connectivity index (χ2n) is 4.85. The van der Waals surface area contributed by atoms with Crippen molar-refractivity contribution < 1.29 is 13.2 Å². The van der Waals surface area contributed by atoms with Crippen LogP contribution in [0.2, 0.25) is 0 Å². The quantitative estimate of drug-likeness (QED) is 0.610. The van der Waals surface area contributed by atoms with Gasteiger partial charge in [-0.2, -0.15) is 17.4 Å². The van der Waals surface area contributed by atoms with Crippen LogP contribution >= 0.6 is 0 Å². The van der Waals surface area contributed by atoms with Crippen molar-refractivity contribution in [2.45, 2.75) is 38.8 Å². The lowest BCUT2D eigenvalue weighted by Gasteiger charge is -2.28. The monoisotopic (exact) mass is 279 g/mol. The molecule has 2 N–H and O–H groups in total. The molecule has 6 nitrogen and oxygen atoms in total. The third-order valence-electron chi connectivity index (χ3n) is 3.04. The molecule has 7 heteroatoms. The highest BCUT2D eigenvalue weighted by molar-refractivity contribution is 7.87. The van der Waals surface area contributed by atoms with Crippen LogP contribution in [-0.4, -0.2) is 58.2 Å². The van der Waals surface area contributed by atoms with Crippen molar-refractivity contribution in [3.05, 3.63) is 0 Å². The molecular formula is C11H25N3O3S. The Morgan fingerprint density at radius 3 is 2.72 bits per heavy atom. The second kappa shape index (κ2) is 7.40. The molecule has 1 aliphatic heterocycles. The molecule has 1 unspecified atom stereocenters. The lowest BCUT2D eigenvalue weighted by Crippen LogP contribution is -2.49. The topological polar surface area (TPSA) is 70.7 Å².